The third-order valence-electron chi connectivity index (χ3n) is 3.40. The molecule has 3 rings (SSSR count). The Morgan fingerprint density at radius 3 is 2.32 bits per heavy atom. The molecule has 100 valence electrons. The SMILES string of the molecule is CN1CCN(c2cnc3cc(Cl)c(Cl)cc3n2)CC1. The van der Waals surface area contributed by atoms with Crippen LogP contribution in [0.4, 0.5) is 5.82 Å². The van der Waals surface area contributed by atoms with Gasteiger partial charge in [-0.25, -0.2) is 4.98 Å². The van der Waals surface area contributed by atoms with E-state index in [1.54, 1.807) is 18.3 Å². The lowest BCUT2D eigenvalue weighted by Crippen LogP contribution is -2.44. The first-order valence-corrected chi connectivity index (χ1v) is 6.94. The molecule has 1 fully saturated rings. The van der Waals surface area contributed by atoms with Crippen LogP contribution in [0.3, 0.4) is 0 Å². The van der Waals surface area contributed by atoms with Gasteiger partial charge in [0.2, 0.25) is 0 Å². The van der Waals surface area contributed by atoms with Crippen LogP contribution >= 0.6 is 23.2 Å². The molecule has 0 amide bonds. The molecule has 1 aliphatic heterocycles. The minimum absolute atomic E-state index is 0.510. The van der Waals surface area contributed by atoms with Crippen LogP contribution in [0.1, 0.15) is 0 Å². The van der Waals surface area contributed by atoms with Gasteiger partial charge in [-0.1, -0.05) is 23.2 Å². The molecule has 0 bridgehead atoms. The molecule has 0 aliphatic carbocycles. The summed E-state index contributed by atoms with van der Waals surface area (Å²) in [6.45, 7) is 4.03. The smallest absolute Gasteiger partial charge is 0.147 e. The van der Waals surface area contributed by atoms with Gasteiger partial charge in [-0.3, -0.25) is 4.98 Å². The first kappa shape index (κ1) is 12.9. The van der Waals surface area contributed by atoms with E-state index in [2.05, 4.69) is 26.8 Å². The predicted molar refractivity (Wildman–Crippen MR) is 79.3 cm³/mol. The van der Waals surface area contributed by atoms with Crippen LogP contribution in [-0.4, -0.2) is 48.1 Å². The topological polar surface area (TPSA) is 32.3 Å². The maximum absolute atomic E-state index is 6.02. The van der Waals surface area contributed by atoms with Crippen molar-refractivity contribution in [2.45, 2.75) is 0 Å². The minimum Gasteiger partial charge on any atom is -0.353 e. The zero-order valence-electron chi connectivity index (χ0n) is 10.6. The van der Waals surface area contributed by atoms with Gasteiger partial charge in [-0.05, 0) is 19.2 Å². The van der Waals surface area contributed by atoms with Gasteiger partial charge in [0.25, 0.3) is 0 Å². The molecule has 0 spiro atoms. The highest BCUT2D eigenvalue weighted by molar-refractivity contribution is 6.42. The molecule has 19 heavy (non-hydrogen) atoms. The summed E-state index contributed by atoms with van der Waals surface area (Å²) >= 11 is 12.0. The number of halogens is 2. The van der Waals surface area contributed by atoms with Gasteiger partial charge < -0.3 is 9.80 Å². The molecule has 1 aromatic carbocycles. The summed E-state index contributed by atoms with van der Waals surface area (Å²) in [7, 11) is 2.13. The standard InChI is InChI=1S/C13H14Cl2N4/c1-18-2-4-19(5-3-18)13-8-16-11-6-9(14)10(15)7-12(11)17-13/h6-8H,2-5H2,1H3. The van der Waals surface area contributed by atoms with E-state index in [-0.39, 0.29) is 0 Å². The average molecular weight is 297 g/mol. The molecule has 2 aromatic rings. The molecule has 0 saturated carbocycles. The second-order valence-electron chi connectivity index (χ2n) is 4.77. The fourth-order valence-corrected chi connectivity index (χ4v) is 2.50. The fraction of sp³-hybridized carbons (Fsp3) is 0.385. The van der Waals surface area contributed by atoms with E-state index in [0.717, 1.165) is 43.0 Å². The molecule has 1 aromatic heterocycles. The van der Waals surface area contributed by atoms with Gasteiger partial charge in [0.1, 0.15) is 5.82 Å². The van der Waals surface area contributed by atoms with Crippen molar-refractivity contribution >= 4 is 40.1 Å². The Hall–Kier alpha value is -1.10. The van der Waals surface area contributed by atoms with Crippen LogP contribution in [0.5, 0.6) is 0 Å². The summed E-state index contributed by atoms with van der Waals surface area (Å²) in [4.78, 5) is 13.6. The quantitative estimate of drug-likeness (QED) is 0.810. The van der Waals surface area contributed by atoms with Gasteiger partial charge in [0.05, 0.1) is 27.3 Å². The number of rotatable bonds is 1. The van der Waals surface area contributed by atoms with Crippen LogP contribution < -0.4 is 4.90 Å². The first-order valence-electron chi connectivity index (χ1n) is 6.19. The molecule has 4 nitrogen and oxygen atoms in total. The van der Waals surface area contributed by atoms with E-state index in [0.29, 0.717) is 10.0 Å². The maximum Gasteiger partial charge on any atom is 0.147 e. The van der Waals surface area contributed by atoms with E-state index in [1.165, 1.54) is 0 Å². The Bertz CT molecular complexity index is 609. The van der Waals surface area contributed by atoms with Gasteiger partial charge in [0, 0.05) is 26.2 Å². The maximum atomic E-state index is 6.02. The van der Waals surface area contributed by atoms with Crippen LogP contribution in [0.25, 0.3) is 11.0 Å². The third-order valence-corrected chi connectivity index (χ3v) is 4.12. The highest BCUT2D eigenvalue weighted by Gasteiger charge is 2.16. The molecular weight excluding hydrogens is 283 g/mol. The number of hydrogen-bond donors (Lipinski definition) is 0. The Morgan fingerprint density at radius 2 is 1.63 bits per heavy atom. The van der Waals surface area contributed by atoms with Crippen molar-refractivity contribution < 1.29 is 0 Å². The van der Waals surface area contributed by atoms with Crippen LogP contribution in [0.2, 0.25) is 10.0 Å². The Balaban J connectivity index is 1.95. The van der Waals surface area contributed by atoms with E-state index in [9.17, 15) is 0 Å². The van der Waals surface area contributed by atoms with Gasteiger partial charge in [-0.15, -0.1) is 0 Å². The molecule has 0 N–H and O–H groups in total. The molecule has 0 radical (unpaired) electrons. The molecule has 1 aliphatic rings. The lowest BCUT2D eigenvalue weighted by molar-refractivity contribution is 0.312. The van der Waals surface area contributed by atoms with Crippen molar-refractivity contribution in [3.8, 4) is 0 Å². The number of anilines is 1. The third kappa shape index (κ3) is 2.61. The average Bonchev–Trinajstić information content (AvgIpc) is 2.40. The zero-order valence-corrected chi connectivity index (χ0v) is 12.1. The Labute approximate surface area is 121 Å². The predicted octanol–water partition coefficient (Wildman–Crippen LogP) is 2.69. The summed E-state index contributed by atoms with van der Waals surface area (Å²) in [6, 6.07) is 3.52. The van der Waals surface area contributed by atoms with E-state index >= 15 is 0 Å². The number of fused-ring (bicyclic) bond motifs is 1. The van der Waals surface area contributed by atoms with E-state index in [4.69, 9.17) is 23.2 Å². The van der Waals surface area contributed by atoms with Crippen LogP contribution in [-0.2, 0) is 0 Å². The van der Waals surface area contributed by atoms with Crippen molar-refractivity contribution in [1.82, 2.24) is 14.9 Å². The van der Waals surface area contributed by atoms with Crippen molar-refractivity contribution in [2.75, 3.05) is 38.1 Å². The first-order chi connectivity index (χ1) is 9.13. The minimum atomic E-state index is 0.510. The number of likely N-dealkylation sites (N-methyl/N-ethyl adjacent to an activating group) is 1. The lowest BCUT2D eigenvalue weighted by Gasteiger charge is -2.33. The normalized spacial score (nSPS) is 17.1. The monoisotopic (exact) mass is 296 g/mol. The molecular formula is C13H14Cl2N4. The van der Waals surface area contributed by atoms with Crippen molar-refractivity contribution in [3.05, 3.63) is 28.4 Å². The van der Waals surface area contributed by atoms with Gasteiger partial charge >= 0.3 is 0 Å². The lowest BCUT2D eigenvalue weighted by atomic mass is 10.3. The van der Waals surface area contributed by atoms with Crippen LogP contribution in [0, 0.1) is 0 Å². The second kappa shape index (κ2) is 5.12. The van der Waals surface area contributed by atoms with E-state index < -0.39 is 0 Å². The number of benzene rings is 1. The molecule has 0 unspecified atom stereocenters. The largest absolute Gasteiger partial charge is 0.353 e. The summed E-state index contributed by atoms with van der Waals surface area (Å²) in [5.74, 6) is 0.902. The molecule has 1 saturated heterocycles. The van der Waals surface area contributed by atoms with Gasteiger partial charge in [-0.2, -0.15) is 0 Å². The summed E-state index contributed by atoms with van der Waals surface area (Å²) in [6.07, 6.45) is 1.80. The highest BCUT2D eigenvalue weighted by Crippen LogP contribution is 2.27. The van der Waals surface area contributed by atoms with Crippen LogP contribution in [0.15, 0.2) is 18.3 Å². The Morgan fingerprint density at radius 1 is 1.00 bits per heavy atom. The highest BCUT2D eigenvalue weighted by atomic mass is 35.5. The number of hydrogen-bond acceptors (Lipinski definition) is 4. The molecule has 6 heteroatoms. The summed E-state index contributed by atoms with van der Waals surface area (Å²) in [5, 5.41) is 1.02. The molecule has 2 heterocycles. The number of piperazine rings is 1. The zero-order chi connectivity index (χ0) is 13.4. The fourth-order valence-electron chi connectivity index (χ4n) is 2.19. The summed E-state index contributed by atoms with van der Waals surface area (Å²) in [5.41, 5.74) is 1.55. The second-order valence-corrected chi connectivity index (χ2v) is 5.59. The van der Waals surface area contributed by atoms with Crippen molar-refractivity contribution in [3.63, 3.8) is 0 Å². The summed E-state index contributed by atoms with van der Waals surface area (Å²) < 4.78 is 0. The number of nitrogens with zero attached hydrogens (tertiary/aromatic N) is 4. The van der Waals surface area contributed by atoms with E-state index in [1.807, 2.05) is 0 Å². The van der Waals surface area contributed by atoms with Gasteiger partial charge in [0.15, 0.2) is 0 Å². The van der Waals surface area contributed by atoms with Crippen molar-refractivity contribution in [1.29, 1.82) is 0 Å². The Kier molecular flexibility index (Phi) is 3.48. The number of aromatic nitrogens is 2. The molecule has 0 atom stereocenters. The van der Waals surface area contributed by atoms with Crippen molar-refractivity contribution in [2.24, 2.45) is 0 Å².